The summed E-state index contributed by atoms with van der Waals surface area (Å²) in [5.41, 5.74) is 2.03. The Hall–Kier alpha value is -1.42. The maximum absolute atomic E-state index is 5.31. The topological polar surface area (TPSA) is 43.2 Å². The van der Waals surface area contributed by atoms with Gasteiger partial charge in [0.05, 0.1) is 19.3 Å². The minimum Gasteiger partial charge on any atom is -0.371 e. The predicted octanol–water partition coefficient (Wildman–Crippen LogP) is 1.71. The minimum absolute atomic E-state index is 0.386. The molecule has 0 radical (unpaired) electrons. The summed E-state index contributed by atoms with van der Waals surface area (Å²) in [6.07, 6.45) is 4.77. The summed E-state index contributed by atoms with van der Waals surface area (Å²) >= 11 is 0. The highest BCUT2D eigenvalue weighted by atomic mass is 16.6. The summed E-state index contributed by atoms with van der Waals surface area (Å²) in [4.78, 5) is 9.14. The highest BCUT2D eigenvalue weighted by molar-refractivity contribution is 5.71. The van der Waals surface area contributed by atoms with Crippen LogP contribution in [0.5, 0.6) is 0 Å². The number of fused-ring (bicyclic) bond motifs is 1. The van der Waals surface area contributed by atoms with Gasteiger partial charge in [-0.15, -0.1) is 0 Å². The summed E-state index contributed by atoms with van der Waals surface area (Å²) in [6.45, 7) is 1.80. The third-order valence-electron chi connectivity index (χ3n) is 3.26. The first-order valence-corrected chi connectivity index (χ1v) is 5.84. The zero-order valence-electron chi connectivity index (χ0n) is 8.97. The smallest absolute Gasteiger partial charge is 0.160 e. The lowest BCUT2D eigenvalue weighted by molar-refractivity contribution is 0.382. The monoisotopic (exact) mass is 215 g/mol. The van der Waals surface area contributed by atoms with Gasteiger partial charge in [-0.05, 0) is 25.0 Å². The van der Waals surface area contributed by atoms with Gasteiger partial charge in [0.2, 0.25) is 0 Å². The van der Waals surface area contributed by atoms with E-state index in [-0.39, 0.29) is 0 Å². The zero-order valence-corrected chi connectivity index (χ0v) is 8.97. The number of ether oxygens (including phenoxy) is 1. The number of hydrogen-bond acceptors (Lipinski definition) is 3. The van der Waals surface area contributed by atoms with E-state index in [2.05, 4.69) is 9.55 Å². The fourth-order valence-electron chi connectivity index (χ4n) is 2.19. The van der Waals surface area contributed by atoms with Crippen LogP contribution in [0.2, 0.25) is 0 Å². The third kappa shape index (κ3) is 1.33. The molecule has 0 unspecified atom stereocenters. The van der Waals surface area contributed by atoms with Crippen molar-refractivity contribution in [3.8, 4) is 0 Å². The van der Waals surface area contributed by atoms with E-state index in [0.29, 0.717) is 12.0 Å². The molecule has 1 aliphatic heterocycles. The van der Waals surface area contributed by atoms with Crippen molar-refractivity contribution in [2.45, 2.75) is 31.4 Å². The summed E-state index contributed by atoms with van der Waals surface area (Å²) in [5.74, 6) is 1.87. The molecule has 1 saturated carbocycles. The van der Waals surface area contributed by atoms with Crippen molar-refractivity contribution in [2.24, 2.45) is 0 Å². The molecule has 4 rings (SSSR count). The molecule has 3 heterocycles. The summed E-state index contributed by atoms with van der Waals surface area (Å²) in [7, 11) is 0. The predicted molar refractivity (Wildman–Crippen MR) is 59.2 cm³/mol. The fraction of sp³-hybridized carbons (Fsp3) is 0.500. The van der Waals surface area contributed by atoms with Crippen LogP contribution in [0, 0.1) is 0 Å². The van der Waals surface area contributed by atoms with E-state index < -0.39 is 0 Å². The van der Waals surface area contributed by atoms with E-state index in [1.807, 2.05) is 18.3 Å². The SMILES string of the molecule is c1cnc2c(c1)nc(C1CC1)n2C[C@@H]1CO1. The normalized spacial score (nSPS) is 23.9. The van der Waals surface area contributed by atoms with Gasteiger partial charge in [0, 0.05) is 12.1 Å². The van der Waals surface area contributed by atoms with Gasteiger partial charge in [-0.1, -0.05) is 0 Å². The van der Waals surface area contributed by atoms with Gasteiger partial charge in [-0.25, -0.2) is 9.97 Å². The van der Waals surface area contributed by atoms with Gasteiger partial charge >= 0.3 is 0 Å². The average molecular weight is 215 g/mol. The number of hydrogen-bond donors (Lipinski definition) is 0. The van der Waals surface area contributed by atoms with E-state index in [4.69, 9.17) is 9.72 Å². The van der Waals surface area contributed by atoms with Gasteiger partial charge in [0.25, 0.3) is 0 Å². The van der Waals surface area contributed by atoms with E-state index in [1.54, 1.807) is 0 Å². The van der Waals surface area contributed by atoms with E-state index in [0.717, 1.165) is 24.3 Å². The second kappa shape index (κ2) is 3.04. The molecule has 0 bridgehead atoms. The van der Waals surface area contributed by atoms with Gasteiger partial charge < -0.3 is 9.30 Å². The Balaban J connectivity index is 1.88. The summed E-state index contributed by atoms with van der Waals surface area (Å²) in [5, 5.41) is 0. The van der Waals surface area contributed by atoms with Gasteiger partial charge in [-0.3, -0.25) is 0 Å². The molecular formula is C12H13N3O. The van der Waals surface area contributed by atoms with Crippen molar-refractivity contribution in [2.75, 3.05) is 6.61 Å². The molecule has 0 spiro atoms. The van der Waals surface area contributed by atoms with Crippen LogP contribution in [-0.2, 0) is 11.3 Å². The highest BCUT2D eigenvalue weighted by Crippen LogP contribution is 2.40. The Labute approximate surface area is 93.3 Å². The number of epoxide rings is 1. The number of rotatable bonds is 3. The molecule has 2 aromatic rings. The van der Waals surface area contributed by atoms with Crippen LogP contribution in [0.1, 0.15) is 24.6 Å². The van der Waals surface area contributed by atoms with Crippen LogP contribution < -0.4 is 0 Å². The van der Waals surface area contributed by atoms with Crippen molar-refractivity contribution in [3.63, 3.8) is 0 Å². The summed E-state index contributed by atoms with van der Waals surface area (Å²) in [6, 6.07) is 3.99. The molecule has 1 saturated heterocycles. The molecular weight excluding hydrogens is 202 g/mol. The van der Waals surface area contributed by atoms with Crippen LogP contribution in [0.3, 0.4) is 0 Å². The lowest BCUT2D eigenvalue weighted by atomic mass is 10.3. The van der Waals surface area contributed by atoms with E-state index in [1.165, 1.54) is 18.7 Å². The van der Waals surface area contributed by atoms with Crippen molar-refractivity contribution in [3.05, 3.63) is 24.2 Å². The maximum Gasteiger partial charge on any atom is 0.160 e. The molecule has 82 valence electrons. The van der Waals surface area contributed by atoms with Crippen LogP contribution in [0.25, 0.3) is 11.2 Å². The minimum atomic E-state index is 0.386. The molecule has 16 heavy (non-hydrogen) atoms. The lowest BCUT2D eigenvalue weighted by Crippen LogP contribution is -2.08. The Morgan fingerprint density at radius 2 is 2.31 bits per heavy atom. The molecule has 2 fully saturated rings. The average Bonchev–Trinajstić information content (AvgIpc) is 3.19. The molecule has 2 aromatic heterocycles. The molecule has 4 nitrogen and oxygen atoms in total. The molecule has 4 heteroatoms. The van der Waals surface area contributed by atoms with Crippen molar-refractivity contribution in [1.29, 1.82) is 0 Å². The quantitative estimate of drug-likeness (QED) is 0.732. The van der Waals surface area contributed by atoms with Crippen LogP contribution in [0.15, 0.2) is 18.3 Å². The Morgan fingerprint density at radius 1 is 1.44 bits per heavy atom. The number of nitrogens with zero attached hydrogens (tertiary/aromatic N) is 3. The van der Waals surface area contributed by atoms with Crippen LogP contribution >= 0.6 is 0 Å². The molecule has 2 aliphatic rings. The van der Waals surface area contributed by atoms with Crippen molar-refractivity contribution >= 4 is 11.2 Å². The Morgan fingerprint density at radius 3 is 3.06 bits per heavy atom. The first-order chi connectivity index (χ1) is 7.92. The largest absolute Gasteiger partial charge is 0.371 e. The summed E-state index contributed by atoms with van der Waals surface area (Å²) < 4.78 is 7.56. The van der Waals surface area contributed by atoms with Crippen molar-refractivity contribution < 1.29 is 4.74 Å². The second-order valence-electron chi connectivity index (χ2n) is 4.66. The van der Waals surface area contributed by atoms with Gasteiger partial charge in [-0.2, -0.15) is 0 Å². The van der Waals surface area contributed by atoms with E-state index in [9.17, 15) is 0 Å². The second-order valence-corrected chi connectivity index (χ2v) is 4.66. The maximum atomic E-state index is 5.31. The van der Waals surface area contributed by atoms with Crippen molar-refractivity contribution in [1.82, 2.24) is 14.5 Å². The highest BCUT2D eigenvalue weighted by Gasteiger charge is 2.32. The third-order valence-corrected chi connectivity index (χ3v) is 3.26. The first kappa shape index (κ1) is 8.70. The first-order valence-electron chi connectivity index (χ1n) is 5.84. The fourth-order valence-corrected chi connectivity index (χ4v) is 2.19. The standard InChI is InChI=1S/C12H13N3O/c1-2-10-12(13-5-1)15(6-9-7-16-9)11(14-10)8-3-4-8/h1-2,5,8-9H,3-4,6-7H2/t9-/m1/s1. The Kier molecular flexibility index (Phi) is 1.65. The number of pyridine rings is 1. The van der Waals surface area contributed by atoms with Crippen LogP contribution in [0.4, 0.5) is 0 Å². The molecule has 1 atom stereocenters. The molecule has 0 aromatic carbocycles. The number of aromatic nitrogens is 3. The van der Waals surface area contributed by atoms with E-state index >= 15 is 0 Å². The van der Waals surface area contributed by atoms with Gasteiger partial charge in [0.1, 0.15) is 11.3 Å². The molecule has 1 aliphatic carbocycles. The van der Waals surface area contributed by atoms with Gasteiger partial charge in [0.15, 0.2) is 5.65 Å². The number of imidazole rings is 1. The molecule has 0 N–H and O–H groups in total. The zero-order chi connectivity index (χ0) is 10.5. The van der Waals surface area contributed by atoms with Crippen LogP contribution in [-0.4, -0.2) is 27.2 Å². The Bertz CT molecular complexity index is 540. The lowest BCUT2D eigenvalue weighted by Gasteiger charge is -2.04. The molecule has 0 amide bonds.